The van der Waals surface area contributed by atoms with Crippen molar-refractivity contribution in [2.24, 2.45) is 0 Å². The fourth-order valence-electron chi connectivity index (χ4n) is 1.25. The lowest BCUT2D eigenvalue weighted by molar-refractivity contribution is -0.137. The van der Waals surface area contributed by atoms with Crippen LogP contribution >= 0.6 is 0 Å². The van der Waals surface area contributed by atoms with Gasteiger partial charge < -0.3 is 15.4 Å². The van der Waals surface area contributed by atoms with Crippen LogP contribution in [0.3, 0.4) is 0 Å². The van der Waals surface area contributed by atoms with Gasteiger partial charge in [0.05, 0.1) is 0 Å². The van der Waals surface area contributed by atoms with E-state index in [0.29, 0.717) is 12.2 Å². The third-order valence-electron chi connectivity index (χ3n) is 2.07. The van der Waals surface area contributed by atoms with Gasteiger partial charge >= 0.3 is 5.97 Å². The van der Waals surface area contributed by atoms with Gasteiger partial charge in [0, 0.05) is 18.9 Å². The topological polar surface area (TPSA) is 95.1 Å². The number of nitrogens with one attached hydrogen (secondary N) is 2. The van der Waals surface area contributed by atoms with E-state index in [2.05, 4.69) is 21.2 Å². The molecule has 0 spiro atoms. The average Bonchev–Trinajstić information content (AvgIpc) is 2.27. The number of aromatic nitrogens is 2. The largest absolute Gasteiger partial charge is 0.480 e. The number of H-pyrrole nitrogens is 1. The zero-order chi connectivity index (χ0) is 12.8. The van der Waals surface area contributed by atoms with Crippen LogP contribution in [0.2, 0.25) is 0 Å². The number of hydrogen-bond donors (Lipinski definition) is 3. The van der Waals surface area contributed by atoms with Gasteiger partial charge in [0.25, 0.3) is 5.56 Å². The zero-order valence-corrected chi connectivity index (χ0v) is 9.36. The van der Waals surface area contributed by atoms with Crippen molar-refractivity contribution in [3.8, 4) is 12.3 Å². The van der Waals surface area contributed by atoms with Gasteiger partial charge in [0.15, 0.2) is 0 Å². The van der Waals surface area contributed by atoms with Crippen LogP contribution in [-0.2, 0) is 11.2 Å². The number of anilines is 1. The minimum Gasteiger partial charge on any atom is -0.480 e. The summed E-state index contributed by atoms with van der Waals surface area (Å²) in [5.74, 6) is 1.88. The van der Waals surface area contributed by atoms with Crippen molar-refractivity contribution >= 4 is 11.8 Å². The Bertz CT molecular complexity index is 501. The molecule has 6 nitrogen and oxygen atoms in total. The van der Waals surface area contributed by atoms with Gasteiger partial charge in [-0.1, -0.05) is 6.92 Å². The summed E-state index contributed by atoms with van der Waals surface area (Å²) in [4.78, 5) is 28.7. The number of aryl methyl sites for hydroxylation is 1. The van der Waals surface area contributed by atoms with Crippen molar-refractivity contribution in [1.29, 1.82) is 0 Å². The van der Waals surface area contributed by atoms with Gasteiger partial charge in [-0.2, -0.15) is 0 Å². The summed E-state index contributed by atoms with van der Waals surface area (Å²) in [7, 11) is 0. The smallest absolute Gasteiger partial charge is 0.327 e. The SMILES string of the molecule is C#CCC(Nc1cc(=O)[nH]c(CC)n1)C(=O)O. The molecular formula is C11H13N3O3. The van der Waals surface area contributed by atoms with Crippen molar-refractivity contribution in [3.05, 3.63) is 22.2 Å². The molecule has 0 radical (unpaired) electrons. The molecule has 1 rings (SSSR count). The Morgan fingerprint density at radius 1 is 1.76 bits per heavy atom. The molecule has 1 heterocycles. The van der Waals surface area contributed by atoms with Gasteiger partial charge in [-0.05, 0) is 0 Å². The number of hydrogen-bond acceptors (Lipinski definition) is 4. The monoisotopic (exact) mass is 235 g/mol. The van der Waals surface area contributed by atoms with Gasteiger partial charge in [0.2, 0.25) is 0 Å². The number of rotatable bonds is 5. The first-order valence-corrected chi connectivity index (χ1v) is 5.09. The Morgan fingerprint density at radius 3 is 3.00 bits per heavy atom. The average molecular weight is 235 g/mol. The highest BCUT2D eigenvalue weighted by atomic mass is 16.4. The highest BCUT2D eigenvalue weighted by molar-refractivity contribution is 5.77. The van der Waals surface area contributed by atoms with E-state index in [4.69, 9.17) is 11.5 Å². The van der Waals surface area contributed by atoms with Crippen LogP contribution in [0.1, 0.15) is 19.2 Å². The number of nitrogens with zero attached hydrogens (tertiary/aromatic N) is 1. The molecule has 6 heteroatoms. The standard InChI is InChI=1S/C11H13N3O3/c1-3-5-7(11(16)17)12-9-6-10(15)14-8(4-2)13-9/h1,6-7H,4-5H2,2H3,(H,16,17)(H2,12,13,14,15). The first-order chi connectivity index (χ1) is 8.06. The fraction of sp³-hybridized carbons (Fsp3) is 0.364. The van der Waals surface area contributed by atoms with Crippen LogP contribution < -0.4 is 10.9 Å². The first-order valence-electron chi connectivity index (χ1n) is 5.09. The Morgan fingerprint density at radius 2 is 2.47 bits per heavy atom. The molecular weight excluding hydrogens is 222 g/mol. The fourth-order valence-corrected chi connectivity index (χ4v) is 1.25. The third-order valence-corrected chi connectivity index (χ3v) is 2.07. The molecule has 0 fully saturated rings. The zero-order valence-electron chi connectivity index (χ0n) is 9.36. The van der Waals surface area contributed by atoms with Crippen molar-refractivity contribution in [2.75, 3.05) is 5.32 Å². The Labute approximate surface area is 98.1 Å². The predicted molar refractivity (Wildman–Crippen MR) is 62.7 cm³/mol. The number of carboxylic acid groups (broad SMARTS) is 1. The summed E-state index contributed by atoms with van der Waals surface area (Å²) < 4.78 is 0. The predicted octanol–water partition coefficient (Wildman–Crippen LogP) is 0.221. The van der Waals surface area contributed by atoms with E-state index < -0.39 is 12.0 Å². The second kappa shape index (κ2) is 5.70. The van der Waals surface area contributed by atoms with Crippen molar-refractivity contribution in [3.63, 3.8) is 0 Å². The number of terminal acetylenes is 1. The number of carbonyl (C=O) groups is 1. The highest BCUT2D eigenvalue weighted by Gasteiger charge is 2.16. The van der Waals surface area contributed by atoms with E-state index in [-0.39, 0.29) is 17.8 Å². The van der Waals surface area contributed by atoms with Gasteiger partial charge in [0.1, 0.15) is 17.7 Å². The molecule has 17 heavy (non-hydrogen) atoms. The van der Waals surface area contributed by atoms with Crippen molar-refractivity contribution in [1.82, 2.24) is 9.97 Å². The van der Waals surface area contributed by atoms with Crippen LogP contribution in [-0.4, -0.2) is 27.1 Å². The Kier molecular flexibility index (Phi) is 4.29. The van der Waals surface area contributed by atoms with Crippen molar-refractivity contribution in [2.45, 2.75) is 25.8 Å². The van der Waals surface area contributed by atoms with Crippen LogP contribution in [0.4, 0.5) is 5.82 Å². The minimum atomic E-state index is -1.08. The van der Waals surface area contributed by atoms with Gasteiger partial charge in [-0.15, -0.1) is 12.3 Å². The maximum atomic E-state index is 11.3. The lowest BCUT2D eigenvalue weighted by atomic mass is 10.2. The molecule has 1 aromatic heterocycles. The first kappa shape index (κ1) is 12.8. The summed E-state index contributed by atoms with van der Waals surface area (Å²) in [6.07, 6.45) is 5.64. The Hall–Kier alpha value is -2.29. The van der Waals surface area contributed by atoms with E-state index >= 15 is 0 Å². The number of aromatic amines is 1. The molecule has 0 amide bonds. The molecule has 3 N–H and O–H groups in total. The van der Waals surface area contributed by atoms with E-state index in [1.54, 1.807) is 0 Å². The molecule has 0 aliphatic rings. The molecule has 90 valence electrons. The van der Waals surface area contributed by atoms with E-state index in [1.165, 1.54) is 6.07 Å². The molecule has 0 aliphatic carbocycles. The Balaban J connectivity index is 2.93. The molecule has 0 saturated heterocycles. The van der Waals surface area contributed by atoms with Crippen LogP contribution in [0.5, 0.6) is 0 Å². The van der Waals surface area contributed by atoms with Crippen LogP contribution in [0.15, 0.2) is 10.9 Å². The molecule has 0 aromatic carbocycles. The number of aliphatic carboxylic acids is 1. The highest BCUT2D eigenvalue weighted by Crippen LogP contribution is 2.04. The van der Waals surface area contributed by atoms with Crippen LogP contribution in [0.25, 0.3) is 0 Å². The second-order valence-corrected chi connectivity index (χ2v) is 3.37. The third kappa shape index (κ3) is 3.65. The normalized spacial score (nSPS) is 11.5. The molecule has 1 unspecified atom stereocenters. The quantitative estimate of drug-likeness (QED) is 0.634. The minimum absolute atomic E-state index is 0.0191. The van der Waals surface area contributed by atoms with Gasteiger partial charge in [-0.25, -0.2) is 9.78 Å². The maximum Gasteiger partial charge on any atom is 0.327 e. The summed E-state index contributed by atoms with van der Waals surface area (Å²) >= 11 is 0. The summed E-state index contributed by atoms with van der Waals surface area (Å²) in [6, 6.07) is 0.255. The summed E-state index contributed by atoms with van der Waals surface area (Å²) in [6.45, 7) is 1.83. The van der Waals surface area contributed by atoms with E-state index in [0.717, 1.165) is 0 Å². The second-order valence-electron chi connectivity index (χ2n) is 3.37. The summed E-state index contributed by atoms with van der Waals surface area (Å²) in [5, 5.41) is 11.5. The molecule has 1 aromatic rings. The van der Waals surface area contributed by atoms with Crippen LogP contribution in [0, 0.1) is 12.3 Å². The molecule has 0 bridgehead atoms. The molecule has 0 aliphatic heterocycles. The van der Waals surface area contributed by atoms with E-state index in [1.807, 2.05) is 6.92 Å². The van der Waals surface area contributed by atoms with E-state index in [9.17, 15) is 9.59 Å². The lowest BCUT2D eigenvalue weighted by Gasteiger charge is -2.12. The maximum absolute atomic E-state index is 11.3. The molecule has 0 saturated carbocycles. The summed E-state index contributed by atoms with van der Waals surface area (Å²) in [5.41, 5.74) is -0.329. The van der Waals surface area contributed by atoms with Crippen molar-refractivity contribution < 1.29 is 9.90 Å². The lowest BCUT2D eigenvalue weighted by Crippen LogP contribution is -2.30. The molecule has 1 atom stereocenters. The number of carboxylic acids is 1. The van der Waals surface area contributed by atoms with Gasteiger partial charge in [-0.3, -0.25) is 4.79 Å².